The summed E-state index contributed by atoms with van der Waals surface area (Å²) >= 11 is 0. The van der Waals surface area contributed by atoms with Crippen molar-refractivity contribution in [3.8, 4) is 0 Å². The van der Waals surface area contributed by atoms with Crippen LogP contribution in [0.15, 0.2) is 18.5 Å². The molecule has 7 heteroatoms. The van der Waals surface area contributed by atoms with Gasteiger partial charge in [0.05, 0.1) is 29.2 Å². The van der Waals surface area contributed by atoms with Gasteiger partial charge in [0, 0.05) is 32.4 Å². The molecule has 1 aliphatic heterocycles. The molecular weight excluding hydrogens is 282 g/mol. The molecule has 2 aromatic heterocycles. The molecule has 2 N–H and O–H groups in total. The van der Waals surface area contributed by atoms with Crippen molar-refractivity contribution in [1.29, 1.82) is 0 Å². The van der Waals surface area contributed by atoms with E-state index in [0.717, 1.165) is 37.4 Å². The van der Waals surface area contributed by atoms with Crippen LogP contribution in [0.1, 0.15) is 53.5 Å². The van der Waals surface area contributed by atoms with Crippen LogP contribution in [-0.2, 0) is 11.8 Å². The van der Waals surface area contributed by atoms with Crippen molar-refractivity contribution in [1.82, 2.24) is 25.3 Å². The molecule has 1 unspecified atom stereocenters. The van der Waals surface area contributed by atoms with E-state index >= 15 is 0 Å². The van der Waals surface area contributed by atoms with Crippen LogP contribution in [0.4, 0.5) is 0 Å². The molecular formula is C15H21N5O2. The molecule has 1 amide bonds. The maximum Gasteiger partial charge on any atom is 0.255 e. The lowest BCUT2D eigenvalue weighted by Gasteiger charge is -2.22. The molecule has 3 heterocycles. The predicted molar refractivity (Wildman–Crippen MR) is 80.5 cm³/mol. The molecule has 1 aliphatic rings. The van der Waals surface area contributed by atoms with Gasteiger partial charge in [0.2, 0.25) is 0 Å². The number of carbonyl (C=O) groups is 1. The van der Waals surface area contributed by atoms with Crippen LogP contribution in [-0.4, -0.2) is 39.1 Å². The Kier molecular flexibility index (Phi) is 4.24. The lowest BCUT2D eigenvalue weighted by molar-refractivity contribution is 0.0832. The fraction of sp³-hybridized carbons (Fsp3) is 0.533. The first-order valence-electron chi connectivity index (χ1n) is 7.56. The lowest BCUT2D eigenvalue weighted by atomic mass is 9.93. The number of nitrogens with zero attached hydrogens (tertiary/aromatic N) is 3. The SMILES string of the molecule is CC(NC(=O)c1cn[nH]c1C1CCOCC1)c1ccn(C)n1. The molecule has 118 valence electrons. The van der Waals surface area contributed by atoms with E-state index in [0.29, 0.717) is 11.5 Å². The number of H-pyrrole nitrogens is 1. The summed E-state index contributed by atoms with van der Waals surface area (Å²) in [6.07, 6.45) is 5.30. The molecule has 0 aromatic carbocycles. The van der Waals surface area contributed by atoms with Gasteiger partial charge in [0.15, 0.2) is 0 Å². The number of rotatable bonds is 4. The number of ether oxygens (including phenoxy) is 1. The van der Waals surface area contributed by atoms with Crippen molar-refractivity contribution in [2.45, 2.75) is 31.7 Å². The van der Waals surface area contributed by atoms with Gasteiger partial charge in [-0.15, -0.1) is 0 Å². The van der Waals surface area contributed by atoms with Crippen molar-refractivity contribution in [2.24, 2.45) is 7.05 Å². The van der Waals surface area contributed by atoms with Crippen molar-refractivity contribution < 1.29 is 9.53 Å². The molecule has 1 atom stereocenters. The average molecular weight is 303 g/mol. The highest BCUT2D eigenvalue weighted by Crippen LogP contribution is 2.27. The monoisotopic (exact) mass is 303 g/mol. The van der Waals surface area contributed by atoms with Gasteiger partial charge < -0.3 is 10.1 Å². The van der Waals surface area contributed by atoms with Crippen LogP contribution in [0.2, 0.25) is 0 Å². The zero-order valence-corrected chi connectivity index (χ0v) is 12.9. The summed E-state index contributed by atoms with van der Waals surface area (Å²) in [5, 5.41) is 14.3. The third-order valence-electron chi connectivity index (χ3n) is 4.07. The van der Waals surface area contributed by atoms with Crippen LogP contribution < -0.4 is 5.32 Å². The first kappa shape index (κ1) is 14.8. The van der Waals surface area contributed by atoms with E-state index in [1.807, 2.05) is 26.2 Å². The topological polar surface area (TPSA) is 84.8 Å². The molecule has 0 spiro atoms. The highest BCUT2D eigenvalue weighted by Gasteiger charge is 2.24. The predicted octanol–water partition coefficient (Wildman–Crippen LogP) is 1.53. The third-order valence-corrected chi connectivity index (χ3v) is 4.07. The number of aromatic amines is 1. The molecule has 7 nitrogen and oxygen atoms in total. The first-order valence-corrected chi connectivity index (χ1v) is 7.56. The van der Waals surface area contributed by atoms with Crippen molar-refractivity contribution in [2.75, 3.05) is 13.2 Å². The lowest BCUT2D eigenvalue weighted by Crippen LogP contribution is -2.28. The van der Waals surface area contributed by atoms with Crippen molar-refractivity contribution in [3.63, 3.8) is 0 Å². The average Bonchev–Trinajstić information content (AvgIpc) is 3.16. The van der Waals surface area contributed by atoms with E-state index in [1.165, 1.54) is 0 Å². The minimum atomic E-state index is -0.147. The highest BCUT2D eigenvalue weighted by atomic mass is 16.5. The molecule has 0 saturated carbocycles. The summed E-state index contributed by atoms with van der Waals surface area (Å²) in [7, 11) is 1.86. The minimum Gasteiger partial charge on any atom is -0.381 e. The Labute approximate surface area is 129 Å². The maximum atomic E-state index is 12.5. The number of aryl methyl sites for hydroxylation is 1. The smallest absolute Gasteiger partial charge is 0.255 e. The van der Waals surface area contributed by atoms with Crippen molar-refractivity contribution >= 4 is 5.91 Å². The second-order valence-corrected chi connectivity index (χ2v) is 5.69. The molecule has 1 fully saturated rings. The number of hydrogen-bond acceptors (Lipinski definition) is 4. The summed E-state index contributed by atoms with van der Waals surface area (Å²) in [6, 6.07) is 1.76. The normalized spacial score (nSPS) is 17.4. The van der Waals surface area contributed by atoms with Gasteiger partial charge in [-0.1, -0.05) is 0 Å². The van der Waals surface area contributed by atoms with Crippen LogP contribution in [0.25, 0.3) is 0 Å². The summed E-state index contributed by atoms with van der Waals surface area (Å²) in [6.45, 7) is 3.39. The molecule has 2 aromatic rings. The standard InChI is InChI=1S/C15H21N5O2/c1-10(13-3-6-20(2)19-13)17-15(21)12-9-16-18-14(12)11-4-7-22-8-5-11/h3,6,9-11H,4-5,7-8H2,1-2H3,(H,16,18)(H,17,21). The number of carbonyl (C=O) groups excluding carboxylic acids is 1. The van der Waals surface area contributed by atoms with E-state index in [9.17, 15) is 4.79 Å². The Morgan fingerprint density at radius 3 is 2.95 bits per heavy atom. The number of aromatic nitrogens is 4. The molecule has 1 saturated heterocycles. The van der Waals surface area contributed by atoms with Gasteiger partial charge in [-0.25, -0.2) is 0 Å². The van der Waals surface area contributed by atoms with Gasteiger partial charge in [0.25, 0.3) is 5.91 Å². The molecule has 22 heavy (non-hydrogen) atoms. The molecule has 0 bridgehead atoms. The Hall–Kier alpha value is -2.15. The first-order chi connectivity index (χ1) is 10.6. The summed E-state index contributed by atoms with van der Waals surface area (Å²) in [5.74, 6) is 0.190. The third kappa shape index (κ3) is 3.04. The molecule has 0 aliphatic carbocycles. The summed E-state index contributed by atoms with van der Waals surface area (Å²) < 4.78 is 7.10. The fourth-order valence-electron chi connectivity index (χ4n) is 2.79. The minimum absolute atomic E-state index is 0.117. The second-order valence-electron chi connectivity index (χ2n) is 5.69. The van der Waals surface area contributed by atoms with Gasteiger partial charge in [-0.05, 0) is 25.8 Å². The van der Waals surface area contributed by atoms with Crippen molar-refractivity contribution in [3.05, 3.63) is 35.4 Å². The van der Waals surface area contributed by atoms with Gasteiger partial charge in [-0.3, -0.25) is 14.6 Å². The van der Waals surface area contributed by atoms with Crippen LogP contribution in [0.5, 0.6) is 0 Å². The second kappa shape index (κ2) is 6.31. The number of amides is 1. The fourth-order valence-corrected chi connectivity index (χ4v) is 2.79. The molecule has 3 rings (SSSR count). The van der Waals surface area contributed by atoms with Crippen LogP contribution >= 0.6 is 0 Å². The number of hydrogen-bond donors (Lipinski definition) is 2. The van der Waals surface area contributed by atoms with Crippen LogP contribution in [0, 0.1) is 0 Å². The maximum absolute atomic E-state index is 12.5. The van der Waals surface area contributed by atoms with E-state index < -0.39 is 0 Å². The quantitative estimate of drug-likeness (QED) is 0.897. The van der Waals surface area contributed by atoms with Gasteiger partial charge >= 0.3 is 0 Å². The Balaban J connectivity index is 1.71. The largest absolute Gasteiger partial charge is 0.381 e. The number of nitrogens with one attached hydrogen (secondary N) is 2. The van der Waals surface area contributed by atoms with E-state index in [-0.39, 0.29) is 11.9 Å². The zero-order valence-electron chi connectivity index (χ0n) is 12.9. The van der Waals surface area contributed by atoms with E-state index in [1.54, 1.807) is 10.9 Å². The molecule has 0 radical (unpaired) electrons. The van der Waals surface area contributed by atoms with Crippen LogP contribution in [0.3, 0.4) is 0 Å². The Morgan fingerprint density at radius 2 is 2.27 bits per heavy atom. The summed E-state index contributed by atoms with van der Waals surface area (Å²) in [4.78, 5) is 12.5. The Bertz CT molecular complexity index is 642. The Morgan fingerprint density at radius 1 is 1.50 bits per heavy atom. The van der Waals surface area contributed by atoms with Gasteiger partial charge in [0.1, 0.15) is 0 Å². The van der Waals surface area contributed by atoms with Gasteiger partial charge in [-0.2, -0.15) is 10.2 Å². The highest BCUT2D eigenvalue weighted by molar-refractivity contribution is 5.95. The summed E-state index contributed by atoms with van der Waals surface area (Å²) in [5.41, 5.74) is 2.37. The zero-order chi connectivity index (χ0) is 15.5. The van der Waals surface area contributed by atoms with E-state index in [2.05, 4.69) is 20.6 Å². The van der Waals surface area contributed by atoms with E-state index in [4.69, 9.17) is 4.74 Å².